The largest absolute Gasteiger partial charge is 0.493 e. The normalized spacial score (nSPS) is 17.9. The van der Waals surface area contributed by atoms with Crippen LogP contribution < -0.4 is 4.74 Å². The Morgan fingerprint density at radius 1 is 1.21 bits per heavy atom. The number of benzene rings is 2. The standard InChI is InChI=1S/C33H35N5O4S/c1-4-41-31(40)15-25(24-7-8-27-32(19(24)2)35-36-37(27)3)22-13-21-11-12-43-33(21)23(14-22)16-38-17-26-28(9-10-30(39)34-26)42-29(18-38)20-5-6-20/h7-14,20,25,29H,4-6,15-18H2,1-3H3,(H,34,39)/t25?,29-/m0/s1. The molecule has 222 valence electrons. The van der Waals surface area contributed by atoms with Crippen molar-refractivity contribution in [2.45, 2.75) is 58.2 Å². The fourth-order valence-corrected chi connectivity index (χ4v) is 7.31. The number of hydrogen-bond donors (Lipinski definition) is 1. The molecule has 1 unspecified atom stereocenters. The van der Waals surface area contributed by atoms with E-state index >= 15 is 0 Å². The summed E-state index contributed by atoms with van der Waals surface area (Å²) in [6.45, 7) is 6.30. The van der Waals surface area contributed by atoms with Crippen LogP contribution in [0.3, 0.4) is 0 Å². The topological polar surface area (TPSA) is 103 Å². The number of carbonyl (C=O) groups is 1. The van der Waals surface area contributed by atoms with Crippen LogP contribution in [0, 0.1) is 12.8 Å². The van der Waals surface area contributed by atoms with Gasteiger partial charge in [0, 0.05) is 43.4 Å². The van der Waals surface area contributed by atoms with E-state index in [0.29, 0.717) is 25.6 Å². The number of esters is 1. The van der Waals surface area contributed by atoms with Crippen molar-refractivity contribution in [1.82, 2.24) is 24.9 Å². The van der Waals surface area contributed by atoms with Crippen LogP contribution in [-0.2, 0) is 29.7 Å². The van der Waals surface area contributed by atoms with Crippen LogP contribution in [0.4, 0.5) is 0 Å². The van der Waals surface area contributed by atoms with Gasteiger partial charge in [-0.05, 0) is 89.9 Å². The second-order valence-electron chi connectivity index (χ2n) is 11.7. The molecule has 1 saturated carbocycles. The third-order valence-electron chi connectivity index (χ3n) is 8.73. The molecule has 3 aromatic heterocycles. The van der Waals surface area contributed by atoms with Crippen molar-refractivity contribution in [3.05, 3.63) is 75.8 Å². The Balaban J connectivity index is 1.29. The first-order valence-corrected chi connectivity index (χ1v) is 15.8. The van der Waals surface area contributed by atoms with E-state index in [2.05, 4.69) is 56.8 Å². The van der Waals surface area contributed by atoms with Crippen molar-refractivity contribution in [3.63, 3.8) is 0 Å². The van der Waals surface area contributed by atoms with Crippen LogP contribution in [0.1, 0.15) is 60.1 Å². The lowest BCUT2D eigenvalue weighted by Gasteiger charge is -2.25. The van der Waals surface area contributed by atoms with Crippen LogP contribution in [-0.4, -0.2) is 55.2 Å². The zero-order valence-corrected chi connectivity index (χ0v) is 25.4. The molecule has 0 spiro atoms. The molecule has 2 aliphatic rings. The predicted molar refractivity (Wildman–Crippen MR) is 165 cm³/mol. The number of nitrogens with zero attached hydrogens (tertiary/aromatic N) is 5. The number of rotatable bonds is 8. The third-order valence-corrected chi connectivity index (χ3v) is 9.74. The molecule has 1 fully saturated rings. The minimum absolute atomic E-state index is 0.00654. The van der Waals surface area contributed by atoms with Crippen molar-refractivity contribution in [2.75, 3.05) is 13.2 Å². The van der Waals surface area contributed by atoms with E-state index in [-0.39, 0.29) is 30.3 Å². The Kier molecular flexibility index (Phi) is 7.26. The van der Waals surface area contributed by atoms with Crippen LogP contribution in [0.5, 0.6) is 11.6 Å². The minimum Gasteiger partial charge on any atom is -0.493 e. The number of carbonyl (C=O) groups excluding carboxylic acids is 1. The zero-order valence-electron chi connectivity index (χ0n) is 24.6. The Hall–Kier alpha value is -4.02. The fourth-order valence-electron chi connectivity index (χ4n) is 6.42. The van der Waals surface area contributed by atoms with Gasteiger partial charge in [-0.3, -0.25) is 9.69 Å². The van der Waals surface area contributed by atoms with Crippen LogP contribution in [0.2, 0.25) is 0 Å². The third kappa shape index (κ3) is 5.45. The van der Waals surface area contributed by atoms with E-state index < -0.39 is 0 Å². The first-order valence-electron chi connectivity index (χ1n) is 14.9. The maximum absolute atomic E-state index is 13.0. The first kappa shape index (κ1) is 27.8. The number of fused-ring (bicyclic) bond motifs is 3. The molecule has 2 atom stereocenters. The molecule has 1 aliphatic carbocycles. The number of hydrogen-bond acceptors (Lipinski definition) is 9. The maximum atomic E-state index is 13.0. The second kappa shape index (κ2) is 11.2. The molecule has 1 N–H and O–H groups in total. The number of aromatic nitrogens is 4. The summed E-state index contributed by atoms with van der Waals surface area (Å²) in [4.78, 5) is 19.8. The summed E-state index contributed by atoms with van der Waals surface area (Å²) in [6, 6.07) is 14.2. The molecule has 0 bridgehead atoms. The van der Waals surface area contributed by atoms with Gasteiger partial charge in [0.15, 0.2) is 0 Å². The summed E-state index contributed by atoms with van der Waals surface area (Å²) < 4.78 is 14.9. The van der Waals surface area contributed by atoms with E-state index in [4.69, 9.17) is 9.47 Å². The first-order chi connectivity index (χ1) is 20.9. The number of aromatic hydroxyl groups is 1. The van der Waals surface area contributed by atoms with Gasteiger partial charge in [-0.15, -0.1) is 16.4 Å². The lowest BCUT2D eigenvalue weighted by atomic mass is 9.84. The van der Waals surface area contributed by atoms with Crippen molar-refractivity contribution >= 4 is 38.4 Å². The molecule has 43 heavy (non-hydrogen) atoms. The van der Waals surface area contributed by atoms with Gasteiger partial charge in [-0.25, -0.2) is 9.67 Å². The number of thiophene rings is 1. The van der Waals surface area contributed by atoms with E-state index in [1.165, 1.54) is 23.1 Å². The summed E-state index contributed by atoms with van der Waals surface area (Å²) in [5.41, 5.74) is 6.90. The van der Waals surface area contributed by atoms with Gasteiger partial charge in [-0.2, -0.15) is 0 Å². The zero-order chi connectivity index (χ0) is 29.7. The van der Waals surface area contributed by atoms with Crippen LogP contribution in [0.25, 0.3) is 21.1 Å². The van der Waals surface area contributed by atoms with E-state index in [9.17, 15) is 9.90 Å². The summed E-state index contributed by atoms with van der Waals surface area (Å²) in [5, 5.41) is 22.1. The highest BCUT2D eigenvalue weighted by Gasteiger charge is 2.37. The van der Waals surface area contributed by atoms with Crippen LogP contribution in [0.15, 0.2) is 47.8 Å². The summed E-state index contributed by atoms with van der Waals surface area (Å²) in [7, 11) is 1.89. The molecule has 0 radical (unpaired) electrons. The van der Waals surface area contributed by atoms with Gasteiger partial charge in [0.1, 0.15) is 23.1 Å². The van der Waals surface area contributed by atoms with E-state index in [1.54, 1.807) is 22.1 Å². The quantitative estimate of drug-likeness (QED) is 0.222. The molecule has 1 aliphatic heterocycles. The van der Waals surface area contributed by atoms with E-state index in [0.717, 1.165) is 51.1 Å². The minimum atomic E-state index is -0.225. The Labute approximate surface area is 254 Å². The summed E-state index contributed by atoms with van der Waals surface area (Å²) in [5.74, 6) is 0.879. The van der Waals surface area contributed by atoms with Gasteiger partial charge >= 0.3 is 5.97 Å². The van der Waals surface area contributed by atoms with Crippen molar-refractivity contribution in [3.8, 4) is 11.6 Å². The molecule has 10 heteroatoms. The Morgan fingerprint density at radius 3 is 2.88 bits per heavy atom. The molecular weight excluding hydrogens is 562 g/mol. The molecule has 5 aromatic rings. The van der Waals surface area contributed by atoms with Gasteiger partial charge < -0.3 is 14.6 Å². The highest BCUT2D eigenvalue weighted by atomic mass is 32.1. The smallest absolute Gasteiger partial charge is 0.306 e. The van der Waals surface area contributed by atoms with Crippen LogP contribution >= 0.6 is 11.3 Å². The fraction of sp³-hybridized carbons (Fsp3) is 0.394. The average molecular weight is 598 g/mol. The monoisotopic (exact) mass is 597 g/mol. The molecule has 4 heterocycles. The van der Waals surface area contributed by atoms with Gasteiger partial charge in [0.2, 0.25) is 5.88 Å². The molecule has 9 nitrogen and oxygen atoms in total. The SMILES string of the molecule is CCOC(=O)CC(c1cc(CN2Cc3nc(O)ccc3O[C@H](C3CC3)C2)c2sccc2c1)c1ccc2c(nnn2C)c1C. The Bertz CT molecular complexity index is 1830. The number of ether oxygens (including phenoxy) is 2. The van der Waals surface area contributed by atoms with E-state index in [1.807, 2.05) is 26.1 Å². The van der Waals surface area contributed by atoms with Crippen molar-refractivity contribution in [2.24, 2.45) is 13.0 Å². The van der Waals surface area contributed by atoms with Crippen molar-refractivity contribution in [1.29, 1.82) is 0 Å². The van der Waals surface area contributed by atoms with Crippen molar-refractivity contribution < 1.29 is 19.4 Å². The number of aryl methyl sites for hydroxylation is 2. The predicted octanol–water partition coefficient (Wildman–Crippen LogP) is 5.85. The highest BCUT2D eigenvalue weighted by Crippen LogP contribution is 2.40. The molecule has 0 saturated heterocycles. The highest BCUT2D eigenvalue weighted by molar-refractivity contribution is 7.17. The Morgan fingerprint density at radius 2 is 2.07 bits per heavy atom. The lowest BCUT2D eigenvalue weighted by Crippen LogP contribution is -2.34. The molecule has 2 aromatic carbocycles. The molecule has 0 amide bonds. The lowest BCUT2D eigenvalue weighted by molar-refractivity contribution is -0.143. The maximum Gasteiger partial charge on any atom is 0.306 e. The van der Waals surface area contributed by atoms with Gasteiger partial charge in [0.25, 0.3) is 0 Å². The summed E-state index contributed by atoms with van der Waals surface area (Å²) >= 11 is 1.74. The number of pyridine rings is 1. The molecule has 7 rings (SSSR count). The molecular formula is C33H35N5O4S. The van der Waals surface area contributed by atoms with Gasteiger partial charge in [-0.1, -0.05) is 17.3 Å². The second-order valence-corrected chi connectivity index (χ2v) is 12.6. The summed E-state index contributed by atoms with van der Waals surface area (Å²) in [6.07, 6.45) is 2.67. The average Bonchev–Trinajstić information content (AvgIpc) is 3.64. The van der Waals surface area contributed by atoms with Gasteiger partial charge in [0.05, 0.1) is 18.5 Å².